The molecule has 0 aromatic rings. The number of rotatable bonds is 0. The van der Waals surface area contributed by atoms with Gasteiger partial charge in [0.05, 0.1) is 0 Å². The number of hydrogen-bond acceptors (Lipinski definition) is 8. The molecule has 0 saturated carbocycles. The van der Waals surface area contributed by atoms with Gasteiger partial charge in [-0.05, 0) is 27.7 Å². The Hall–Kier alpha value is -2.28. The minimum atomic E-state index is -1.82. The first-order valence-electron chi connectivity index (χ1n) is 8.72. The van der Waals surface area contributed by atoms with Crippen molar-refractivity contribution < 1.29 is 39.6 Å². The first kappa shape index (κ1) is 27.9. The highest BCUT2D eigenvalue weighted by molar-refractivity contribution is 6.27. The molecule has 0 radical (unpaired) electrons. The van der Waals surface area contributed by atoms with Crippen LogP contribution >= 0.6 is 0 Å². The van der Waals surface area contributed by atoms with Crippen molar-refractivity contribution in [3.05, 3.63) is 0 Å². The zero-order valence-corrected chi connectivity index (χ0v) is 16.6. The lowest BCUT2D eigenvalue weighted by molar-refractivity contribution is -0.159. The molecule has 12 nitrogen and oxygen atoms in total. The van der Waals surface area contributed by atoms with Crippen LogP contribution in [0.5, 0.6) is 0 Å². The fourth-order valence-electron chi connectivity index (χ4n) is 2.24. The van der Waals surface area contributed by atoms with Gasteiger partial charge in [0.2, 0.25) is 0 Å². The van der Waals surface area contributed by atoms with E-state index >= 15 is 0 Å². The summed E-state index contributed by atoms with van der Waals surface area (Å²) < 4.78 is 0. The van der Waals surface area contributed by atoms with Gasteiger partial charge in [-0.15, -0.1) is 0 Å². The Kier molecular flexibility index (Phi) is 15.7. The fraction of sp³-hybridized carbons (Fsp3) is 0.750. The van der Waals surface area contributed by atoms with Crippen molar-refractivity contribution >= 4 is 23.9 Å². The number of carbonyl (C=O) groups is 4. The number of aliphatic carboxylic acids is 4. The second-order valence-corrected chi connectivity index (χ2v) is 6.47. The maximum Gasteiger partial charge on any atom is 0.414 e. The van der Waals surface area contributed by atoms with Gasteiger partial charge in [0, 0.05) is 50.3 Å². The topological polar surface area (TPSA) is 197 Å². The van der Waals surface area contributed by atoms with Crippen molar-refractivity contribution in [3.8, 4) is 0 Å². The lowest BCUT2D eigenvalue weighted by atomic mass is 10.2. The van der Waals surface area contributed by atoms with Crippen molar-refractivity contribution in [1.29, 1.82) is 0 Å². The van der Waals surface area contributed by atoms with Crippen LogP contribution in [-0.4, -0.2) is 94.6 Å². The van der Waals surface area contributed by atoms with Gasteiger partial charge in [0.25, 0.3) is 0 Å². The lowest BCUT2D eigenvalue weighted by Gasteiger charge is -2.26. The van der Waals surface area contributed by atoms with Gasteiger partial charge in [-0.25, -0.2) is 19.2 Å². The Bertz CT molecular complexity index is 419. The van der Waals surface area contributed by atoms with Crippen molar-refractivity contribution in [2.75, 3.05) is 26.2 Å². The largest absolute Gasteiger partial charge is 0.473 e. The Morgan fingerprint density at radius 2 is 0.714 bits per heavy atom. The summed E-state index contributed by atoms with van der Waals surface area (Å²) in [5.41, 5.74) is 0. The summed E-state index contributed by atoms with van der Waals surface area (Å²) in [4.78, 5) is 36.4. The molecule has 2 aliphatic heterocycles. The number of piperazine rings is 2. The van der Waals surface area contributed by atoms with Crippen molar-refractivity contribution in [1.82, 2.24) is 21.3 Å². The maximum atomic E-state index is 9.10. The Morgan fingerprint density at radius 1 is 0.536 bits per heavy atom. The summed E-state index contributed by atoms with van der Waals surface area (Å²) in [7, 11) is 0. The zero-order chi connectivity index (χ0) is 22.3. The quantitative estimate of drug-likeness (QED) is 0.210. The van der Waals surface area contributed by atoms with E-state index < -0.39 is 23.9 Å². The molecule has 2 saturated heterocycles. The molecular weight excluding hydrogens is 376 g/mol. The number of carboxylic acid groups (broad SMARTS) is 4. The molecule has 12 heteroatoms. The predicted molar refractivity (Wildman–Crippen MR) is 100 cm³/mol. The van der Waals surface area contributed by atoms with Crippen LogP contribution in [0.2, 0.25) is 0 Å². The molecule has 2 rings (SSSR count). The van der Waals surface area contributed by atoms with Crippen LogP contribution in [0.1, 0.15) is 27.7 Å². The molecule has 0 spiro atoms. The molecule has 2 fully saturated rings. The highest BCUT2D eigenvalue weighted by Gasteiger charge is 2.12. The zero-order valence-electron chi connectivity index (χ0n) is 16.6. The Morgan fingerprint density at radius 3 is 0.786 bits per heavy atom. The van der Waals surface area contributed by atoms with Crippen molar-refractivity contribution in [3.63, 3.8) is 0 Å². The van der Waals surface area contributed by atoms with Crippen LogP contribution < -0.4 is 21.3 Å². The van der Waals surface area contributed by atoms with Crippen LogP contribution in [0.15, 0.2) is 0 Å². The second-order valence-electron chi connectivity index (χ2n) is 6.47. The third-order valence-corrected chi connectivity index (χ3v) is 3.31. The molecule has 0 aromatic carbocycles. The smallest absolute Gasteiger partial charge is 0.414 e. The van der Waals surface area contributed by atoms with Crippen LogP contribution in [0, 0.1) is 0 Å². The lowest BCUT2D eigenvalue weighted by Crippen LogP contribution is -2.52. The molecule has 2 aliphatic rings. The van der Waals surface area contributed by atoms with Gasteiger partial charge in [-0.1, -0.05) is 0 Å². The van der Waals surface area contributed by atoms with Crippen LogP contribution in [-0.2, 0) is 19.2 Å². The predicted octanol–water partition coefficient (Wildman–Crippen LogP) is -1.78. The van der Waals surface area contributed by atoms with Crippen molar-refractivity contribution in [2.24, 2.45) is 0 Å². The summed E-state index contributed by atoms with van der Waals surface area (Å²) in [6.45, 7) is 13.2. The van der Waals surface area contributed by atoms with Crippen LogP contribution in [0.3, 0.4) is 0 Å². The molecule has 0 aromatic heterocycles. The first-order valence-corrected chi connectivity index (χ1v) is 8.72. The summed E-state index contributed by atoms with van der Waals surface area (Å²) in [5.74, 6) is -7.30. The van der Waals surface area contributed by atoms with Crippen molar-refractivity contribution in [2.45, 2.75) is 51.9 Å². The second kappa shape index (κ2) is 15.7. The van der Waals surface area contributed by atoms with E-state index in [2.05, 4.69) is 49.0 Å². The summed E-state index contributed by atoms with van der Waals surface area (Å²) in [5, 5.41) is 43.0. The minimum Gasteiger partial charge on any atom is -0.473 e. The van der Waals surface area contributed by atoms with E-state index in [0.717, 1.165) is 26.2 Å². The Balaban J connectivity index is 0. The number of hydrogen-bond donors (Lipinski definition) is 8. The normalized spacial score (nSPS) is 25.9. The molecule has 0 amide bonds. The number of nitrogens with one attached hydrogen (secondary N) is 4. The molecule has 28 heavy (non-hydrogen) atoms. The van der Waals surface area contributed by atoms with Gasteiger partial charge >= 0.3 is 23.9 Å². The first-order chi connectivity index (χ1) is 12.9. The highest BCUT2D eigenvalue weighted by atomic mass is 16.4. The minimum absolute atomic E-state index is 0.652. The van der Waals surface area contributed by atoms with Crippen LogP contribution in [0.25, 0.3) is 0 Å². The highest BCUT2D eigenvalue weighted by Crippen LogP contribution is 1.90. The van der Waals surface area contributed by atoms with E-state index in [1.165, 1.54) is 0 Å². The molecule has 0 aliphatic carbocycles. The SMILES string of the molecule is C[C@@H]1CNC[C@@H](C)N1.C[C@H]1CNC[C@H](C)N1.O=C(O)C(=O)O.O=C(O)C(=O)O. The van der Waals surface area contributed by atoms with E-state index in [4.69, 9.17) is 39.6 Å². The summed E-state index contributed by atoms with van der Waals surface area (Å²) in [6, 6.07) is 2.61. The number of carboxylic acids is 4. The third-order valence-electron chi connectivity index (χ3n) is 3.31. The van der Waals surface area contributed by atoms with Gasteiger partial charge in [0.15, 0.2) is 0 Å². The van der Waals surface area contributed by atoms with Gasteiger partial charge in [-0.2, -0.15) is 0 Å². The molecule has 0 bridgehead atoms. The average molecular weight is 408 g/mol. The molecule has 164 valence electrons. The molecule has 2 heterocycles. The van der Waals surface area contributed by atoms with E-state index in [1.807, 2.05) is 0 Å². The summed E-state index contributed by atoms with van der Waals surface area (Å²) in [6.07, 6.45) is 0. The van der Waals surface area contributed by atoms with E-state index in [1.54, 1.807) is 0 Å². The Labute approximate surface area is 163 Å². The standard InChI is InChI=1S/2C6H14N2.2C2H2O4/c2*1-5-3-7-4-6(2)8-5;2*3-1(4)2(5)6/h2*5-8H,3-4H2,1-2H3;2*(H,3,4)(H,5,6)/t2*5-,6-;;/m10../s1. The van der Waals surface area contributed by atoms with Crippen LogP contribution in [0.4, 0.5) is 0 Å². The fourth-order valence-corrected chi connectivity index (χ4v) is 2.24. The molecule has 4 atom stereocenters. The molecular formula is C16H32N4O8. The molecule has 8 N–H and O–H groups in total. The molecule has 0 unspecified atom stereocenters. The van der Waals surface area contributed by atoms with E-state index in [0.29, 0.717) is 24.2 Å². The summed E-state index contributed by atoms with van der Waals surface area (Å²) >= 11 is 0. The maximum absolute atomic E-state index is 9.10. The third kappa shape index (κ3) is 18.5. The van der Waals surface area contributed by atoms with Gasteiger partial charge in [-0.3, -0.25) is 0 Å². The average Bonchev–Trinajstić information content (AvgIpc) is 2.56. The van der Waals surface area contributed by atoms with Gasteiger partial charge in [0.1, 0.15) is 0 Å². The van der Waals surface area contributed by atoms with E-state index in [-0.39, 0.29) is 0 Å². The van der Waals surface area contributed by atoms with E-state index in [9.17, 15) is 0 Å². The van der Waals surface area contributed by atoms with Gasteiger partial charge < -0.3 is 41.7 Å². The monoisotopic (exact) mass is 408 g/mol.